The van der Waals surface area contributed by atoms with Gasteiger partial charge in [0.1, 0.15) is 22.7 Å². The number of hydrogen-bond donors (Lipinski definition) is 0. The van der Waals surface area contributed by atoms with Crippen LogP contribution in [0.4, 0.5) is 0 Å². The van der Waals surface area contributed by atoms with E-state index in [9.17, 15) is 0 Å². The second-order valence-electron chi connectivity index (χ2n) is 31.7. The average Bonchev–Trinajstić information content (AvgIpc) is 1.57. The number of nitrogens with zero attached hydrogens (tertiary/aromatic N) is 2. The maximum Gasteiger partial charge on any atom is 0.135 e. The van der Waals surface area contributed by atoms with Crippen molar-refractivity contribution in [3.63, 3.8) is 0 Å². The molecule has 0 fully saturated rings. The van der Waals surface area contributed by atoms with E-state index in [0.717, 1.165) is 44.6 Å². The lowest BCUT2D eigenvalue weighted by Crippen LogP contribution is -1.95. The molecular weight excluding hydrogens is 1610 g/mol. The van der Waals surface area contributed by atoms with Crippen LogP contribution in [0.2, 0.25) is 0 Å². The summed E-state index contributed by atoms with van der Waals surface area (Å²) >= 11 is 3.71. The fourth-order valence-corrected chi connectivity index (χ4v) is 19.1. The zero-order valence-corrected chi connectivity index (χ0v) is 73.0. The van der Waals surface area contributed by atoms with Crippen LogP contribution >= 0.6 is 22.7 Å². The first-order chi connectivity index (χ1) is 64.5. The molecule has 6 heterocycles. The number of furan rings is 2. The second kappa shape index (κ2) is 39.0. The van der Waals surface area contributed by atoms with Gasteiger partial charge in [0.05, 0.1) is 22.2 Å². The standard InChI is InChI=1S/C24H17N.C24H16O.C24H16S.C20H15N.C16H12O.C16H12S/c1-3-9-18(10-4-1)19-15-16-24-22(17-19)21-13-7-8-14-23(21)25(24)20-11-5-2-6-12-20;2*1-3-7-17(8-4-1)19-11-13-23-21(15-19)22-16-20(12-14-24(22)25-23)18-9-5-2-6-10-18;1-3-9-16(10-4-1)20-15-17-11-7-8-14-19(17)21(20)18-12-5-2-6-13-18;2*1-3-7-13(8-4-1)15-11-12-16(17-15)14-9-5-2-6-10-14/h1-17H;2*1-16H;1-15H;2*1-12H. The van der Waals surface area contributed by atoms with Crippen molar-refractivity contribution in [2.75, 3.05) is 0 Å². The van der Waals surface area contributed by atoms with E-state index in [4.69, 9.17) is 8.83 Å². The Labute approximate surface area is 765 Å². The van der Waals surface area contributed by atoms with Crippen LogP contribution in [0.3, 0.4) is 0 Å². The van der Waals surface area contributed by atoms with Gasteiger partial charge in [-0.3, -0.25) is 0 Å². The molecule has 0 spiro atoms. The fraction of sp³-hybridized carbons (Fsp3) is 0. The Kier molecular flexibility index (Phi) is 24.5. The van der Waals surface area contributed by atoms with E-state index in [1.807, 2.05) is 108 Å². The lowest BCUT2D eigenvalue weighted by molar-refractivity contribution is 0.597. The molecule has 0 saturated heterocycles. The average molecular weight is 1700 g/mol. The minimum Gasteiger partial charge on any atom is -0.456 e. The first-order valence-electron chi connectivity index (χ1n) is 43.9. The van der Waals surface area contributed by atoms with Gasteiger partial charge in [0.15, 0.2) is 0 Å². The molecule has 6 heteroatoms. The van der Waals surface area contributed by atoms with Crippen LogP contribution in [0.5, 0.6) is 0 Å². The van der Waals surface area contributed by atoms with Gasteiger partial charge in [-0.05, 0) is 200 Å². The molecule has 19 aromatic carbocycles. The van der Waals surface area contributed by atoms with Crippen LogP contribution in [0.1, 0.15) is 0 Å². The highest BCUT2D eigenvalue weighted by Crippen LogP contribution is 2.42. The Balaban J connectivity index is 0.0000000983. The van der Waals surface area contributed by atoms with Crippen molar-refractivity contribution in [2.45, 2.75) is 0 Å². The summed E-state index contributed by atoms with van der Waals surface area (Å²) in [5.41, 5.74) is 27.7. The minimum absolute atomic E-state index is 0.907. The van der Waals surface area contributed by atoms with Crippen molar-refractivity contribution in [3.8, 4) is 122 Å². The third kappa shape index (κ3) is 18.3. The molecule has 130 heavy (non-hydrogen) atoms. The van der Waals surface area contributed by atoms with Gasteiger partial charge in [-0.25, -0.2) is 0 Å². The summed E-state index contributed by atoms with van der Waals surface area (Å²) < 4.78 is 19.3. The summed E-state index contributed by atoms with van der Waals surface area (Å²) in [5, 5.41) is 8.86. The summed E-state index contributed by atoms with van der Waals surface area (Å²) in [6, 6.07) is 187. The normalized spacial score (nSPS) is 10.9. The van der Waals surface area contributed by atoms with Crippen molar-refractivity contribution in [1.29, 1.82) is 0 Å². The molecule has 0 bridgehead atoms. The quantitative estimate of drug-likeness (QED) is 0.122. The van der Waals surface area contributed by atoms with Gasteiger partial charge in [-0.1, -0.05) is 406 Å². The van der Waals surface area contributed by atoms with Gasteiger partial charge >= 0.3 is 0 Å². The van der Waals surface area contributed by atoms with Crippen molar-refractivity contribution in [2.24, 2.45) is 0 Å². The molecule has 25 aromatic rings. The maximum absolute atomic E-state index is 6.03. The van der Waals surface area contributed by atoms with Gasteiger partial charge in [0.2, 0.25) is 0 Å². The summed E-state index contributed by atoms with van der Waals surface area (Å²) in [7, 11) is 0. The number of aromatic nitrogens is 2. The summed E-state index contributed by atoms with van der Waals surface area (Å²) in [6.07, 6.45) is 0. The lowest BCUT2D eigenvalue weighted by Gasteiger charge is -2.11. The summed E-state index contributed by atoms with van der Waals surface area (Å²) in [6.45, 7) is 0. The molecule has 25 rings (SSSR count). The Morgan fingerprint density at radius 3 is 0.869 bits per heavy atom. The molecule has 0 aliphatic heterocycles. The highest BCUT2D eigenvalue weighted by Gasteiger charge is 2.18. The third-order valence-electron chi connectivity index (χ3n) is 23.4. The molecule has 0 atom stereocenters. The number of thiophene rings is 2. The first kappa shape index (κ1) is 81.8. The molecule has 618 valence electrons. The van der Waals surface area contributed by atoms with E-state index < -0.39 is 0 Å². The van der Waals surface area contributed by atoms with Crippen molar-refractivity contribution in [1.82, 2.24) is 9.13 Å². The van der Waals surface area contributed by atoms with Gasteiger partial charge in [-0.15, -0.1) is 22.7 Å². The molecule has 0 saturated carbocycles. The van der Waals surface area contributed by atoms with E-state index in [1.54, 1.807) is 0 Å². The predicted molar refractivity (Wildman–Crippen MR) is 554 cm³/mol. The minimum atomic E-state index is 0.907. The van der Waals surface area contributed by atoms with Crippen LogP contribution in [-0.4, -0.2) is 9.13 Å². The van der Waals surface area contributed by atoms with Crippen molar-refractivity contribution >= 4 is 97.5 Å². The molecule has 0 radical (unpaired) electrons. The molecular formula is C124H88N2O2S2. The van der Waals surface area contributed by atoms with Crippen molar-refractivity contribution in [3.05, 3.63) is 534 Å². The topological polar surface area (TPSA) is 36.1 Å². The van der Waals surface area contributed by atoms with Crippen LogP contribution in [0.25, 0.3) is 197 Å². The summed E-state index contributed by atoms with van der Waals surface area (Å²) in [4.78, 5) is 2.65. The van der Waals surface area contributed by atoms with Crippen molar-refractivity contribution < 1.29 is 8.83 Å². The molecule has 0 unspecified atom stereocenters. The highest BCUT2D eigenvalue weighted by molar-refractivity contribution is 7.25. The molecule has 6 aromatic heterocycles. The van der Waals surface area contributed by atoms with E-state index in [1.165, 1.54) is 152 Å². The highest BCUT2D eigenvalue weighted by atomic mass is 32.1. The second-order valence-corrected chi connectivity index (χ2v) is 33.9. The van der Waals surface area contributed by atoms with Gasteiger partial charge in [0, 0.05) is 79.4 Å². The SMILES string of the molecule is c1ccc(-c2cc3ccccc3n2-c2ccccc2)cc1.c1ccc(-c2ccc(-c3ccccc3)o2)cc1.c1ccc(-c2ccc(-c3ccccc3)s2)cc1.c1ccc(-c2ccc3c(c2)c2ccccc2n3-c2ccccc2)cc1.c1ccc(-c2ccc3oc4ccc(-c5ccccc5)cc4c3c2)cc1.c1ccc(-c2ccc3sc4ccc(-c5ccccc5)cc4c3c2)cc1. The predicted octanol–water partition coefficient (Wildman–Crippen LogP) is 35.8. The van der Waals surface area contributed by atoms with Crippen LogP contribution in [0.15, 0.2) is 543 Å². The molecule has 0 aliphatic carbocycles. The Morgan fingerprint density at radius 2 is 0.462 bits per heavy atom. The van der Waals surface area contributed by atoms with Gasteiger partial charge in [-0.2, -0.15) is 0 Å². The number of fused-ring (bicyclic) bond motifs is 10. The largest absolute Gasteiger partial charge is 0.456 e. The molecule has 4 nitrogen and oxygen atoms in total. The van der Waals surface area contributed by atoms with Gasteiger partial charge < -0.3 is 18.0 Å². The Bertz CT molecular complexity index is 7410. The fourth-order valence-electron chi connectivity index (χ4n) is 17.0. The maximum atomic E-state index is 6.03. The lowest BCUT2D eigenvalue weighted by atomic mass is 10.0. The number of para-hydroxylation sites is 4. The van der Waals surface area contributed by atoms with Crippen LogP contribution in [-0.2, 0) is 0 Å². The van der Waals surface area contributed by atoms with E-state index in [-0.39, 0.29) is 0 Å². The smallest absolute Gasteiger partial charge is 0.135 e. The van der Waals surface area contributed by atoms with E-state index in [0.29, 0.717) is 0 Å². The van der Waals surface area contributed by atoms with E-state index in [2.05, 4.69) is 458 Å². The third-order valence-corrected chi connectivity index (χ3v) is 25.7. The molecule has 0 aliphatic rings. The van der Waals surface area contributed by atoms with Crippen LogP contribution < -0.4 is 0 Å². The number of benzene rings is 19. The Morgan fingerprint density at radius 1 is 0.162 bits per heavy atom. The summed E-state index contributed by atoms with van der Waals surface area (Å²) in [5.74, 6) is 1.81. The van der Waals surface area contributed by atoms with E-state index >= 15 is 0 Å². The van der Waals surface area contributed by atoms with Crippen LogP contribution in [0, 0.1) is 0 Å². The zero-order valence-electron chi connectivity index (χ0n) is 71.3. The number of rotatable bonds is 12. The van der Waals surface area contributed by atoms with Gasteiger partial charge in [0.25, 0.3) is 0 Å². The number of hydrogen-bond acceptors (Lipinski definition) is 4. The first-order valence-corrected chi connectivity index (χ1v) is 45.5. The zero-order chi connectivity index (χ0) is 87.0. The molecule has 0 N–H and O–H groups in total. The monoisotopic (exact) mass is 1700 g/mol. The Hall–Kier alpha value is -16.5. The molecule has 0 amide bonds.